The molecular formula is C20H18FN3O3. The molecule has 1 aromatic heterocycles. The Kier molecular flexibility index (Phi) is 5.51. The van der Waals surface area contributed by atoms with Crippen molar-refractivity contribution in [1.82, 2.24) is 4.98 Å². The number of ether oxygens (including phenoxy) is 2. The zero-order chi connectivity index (χ0) is 19.2. The molecule has 1 heterocycles. The number of rotatable bonds is 6. The molecule has 2 N–H and O–H groups in total. The second-order valence-electron chi connectivity index (χ2n) is 5.56. The topological polar surface area (TPSA) is 72.5 Å². The van der Waals surface area contributed by atoms with Crippen molar-refractivity contribution in [2.24, 2.45) is 0 Å². The molecule has 0 atom stereocenters. The summed E-state index contributed by atoms with van der Waals surface area (Å²) in [6, 6.07) is 14.5. The maximum atomic E-state index is 12.9. The third kappa shape index (κ3) is 4.33. The van der Waals surface area contributed by atoms with Crippen LogP contribution in [-0.4, -0.2) is 25.1 Å². The quantitative estimate of drug-likeness (QED) is 0.682. The monoisotopic (exact) mass is 367 g/mol. The molecule has 0 saturated carbocycles. The van der Waals surface area contributed by atoms with Crippen LogP contribution in [0.3, 0.4) is 0 Å². The van der Waals surface area contributed by atoms with E-state index in [1.807, 2.05) is 0 Å². The van der Waals surface area contributed by atoms with E-state index in [2.05, 4.69) is 15.6 Å². The standard InChI is InChI=1S/C20H18FN3O3/c1-26-16-4-3-5-17(27-2)19(16)20(25)24-18-11-10-15(12-22-18)23-14-8-6-13(21)7-9-14/h3-12,23H,1-2H3,(H,22,24,25). The van der Waals surface area contributed by atoms with Gasteiger partial charge in [0.15, 0.2) is 0 Å². The van der Waals surface area contributed by atoms with Gasteiger partial charge in [-0.1, -0.05) is 6.07 Å². The Morgan fingerprint density at radius 3 is 2.11 bits per heavy atom. The van der Waals surface area contributed by atoms with Gasteiger partial charge in [0.1, 0.15) is 28.7 Å². The molecule has 3 rings (SSSR count). The number of carbonyl (C=O) groups is 1. The Balaban J connectivity index is 1.73. The largest absolute Gasteiger partial charge is 0.496 e. The highest BCUT2D eigenvalue weighted by Crippen LogP contribution is 2.29. The number of nitrogens with zero attached hydrogens (tertiary/aromatic N) is 1. The van der Waals surface area contributed by atoms with Gasteiger partial charge >= 0.3 is 0 Å². The fourth-order valence-corrected chi connectivity index (χ4v) is 2.50. The van der Waals surface area contributed by atoms with Gasteiger partial charge < -0.3 is 20.1 Å². The van der Waals surface area contributed by atoms with Crippen LogP contribution in [0.15, 0.2) is 60.8 Å². The van der Waals surface area contributed by atoms with Gasteiger partial charge in [-0.25, -0.2) is 9.37 Å². The number of benzene rings is 2. The van der Waals surface area contributed by atoms with Crippen LogP contribution in [0.5, 0.6) is 11.5 Å². The van der Waals surface area contributed by atoms with Crippen molar-refractivity contribution in [1.29, 1.82) is 0 Å². The van der Waals surface area contributed by atoms with Gasteiger partial charge in [0, 0.05) is 5.69 Å². The summed E-state index contributed by atoms with van der Waals surface area (Å²) < 4.78 is 23.4. The molecule has 2 aromatic carbocycles. The van der Waals surface area contributed by atoms with E-state index in [9.17, 15) is 9.18 Å². The first-order valence-electron chi connectivity index (χ1n) is 8.11. The lowest BCUT2D eigenvalue weighted by molar-refractivity contribution is 0.102. The SMILES string of the molecule is COc1cccc(OC)c1C(=O)Nc1ccc(Nc2ccc(F)cc2)cn1. The zero-order valence-corrected chi connectivity index (χ0v) is 14.8. The maximum Gasteiger partial charge on any atom is 0.264 e. The van der Waals surface area contributed by atoms with Crippen LogP contribution in [0, 0.1) is 5.82 Å². The molecule has 0 fully saturated rings. The Morgan fingerprint density at radius 1 is 0.926 bits per heavy atom. The normalized spacial score (nSPS) is 10.2. The van der Waals surface area contributed by atoms with Crippen molar-refractivity contribution in [2.75, 3.05) is 24.9 Å². The average molecular weight is 367 g/mol. The summed E-state index contributed by atoms with van der Waals surface area (Å²) in [6.45, 7) is 0. The molecule has 0 aliphatic carbocycles. The van der Waals surface area contributed by atoms with Crippen molar-refractivity contribution in [3.63, 3.8) is 0 Å². The minimum atomic E-state index is -0.393. The van der Waals surface area contributed by atoms with E-state index < -0.39 is 5.91 Å². The van der Waals surface area contributed by atoms with Crippen LogP contribution in [0.4, 0.5) is 21.6 Å². The molecule has 3 aromatic rings. The molecule has 0 bridgehead atoms. The van der Waals surface area contributed by atoms with Gasteiger partial charge in [-0.2, -0.15) is 0 Å². The highest BCUT2D eigenvalue weighted by atomic mass is 19.1. The van der Waals surface area contributed by atoms with E-state index in [0.717, 1.165) is 5.69 Å². The van der Waals surface area contributed by atoms with Crippen molar-refractivity contribution in [2.45, 2.75) is 0 Å². The maximum absolute atomic E-state index is 12.9. The molecular weight excluding hydrogens is 349 g/mol. The van der Waals surface area contributed by atoms with Crippen molar-refractivity contribution in [3.05, 3.63) is 72.2 Å². The third-order valence-corrected chi connectivity index (χ3v) is 3.79. The Labute approximate surface area is 156 Å². The highest BCUT2D eigenvalue weighted by molar-refractivity contribution is 6.07. The van der Waals surface area contributed by atoms with E-state index in [1.165, 1.54) is 26.4 Å². The molecule has 0 saturated heterocycles. The van der Waals surface area contributed by atoms with Gasteiger partial charge in [-0.05, 0) is 48.5 Å². The number of aromatic nitrogens is 1. The number of hydrogen-bond acceptors (Lipinski definition) is 5. The average Bonchev–Trinajstić information content (AvgIpc) is 2.70. The first-order valence-corrected chi connectivity index (χ1v) is 8.11. The van der Waals surface area contributed by atoms with E-state index in [-0.39, 0.29) is 11.4 Å². The second-order valence-corrected chi connectivity index (χ2v) is 5.56. The van der Waals surface area contributed by atoms with E-state index >= 15 is 0 Å². The lowest BCUT2D eigenvalue weighted by Crippen LogP contribution is -2.15. The summed E-state index contributed by atoms with van der Waals surface area (Å²) in [6.07, 6.45) is 1.57. The number of methoxy groups -OCH3 is 2. The molecule has 0 aliphatic heterocycles. The predicted molar refractivity (Wildman–Crippen MR) is 101 cm³/mol. The lowest BCUT2D eigenvalue weighted by Gasteiger charge is -2.13. The number of carbonyl (C=O) groups excluding carboxylic acids is 1. The molecule has 27 heavy (non-hydrogen) atoms. The van der Waals surface area contributed by atoms with Crippen molar-refractivity contribution < 1.29 is 18.7 Å². The van der Waals surface area contributed by atoms with Gasteiger partial charge in [0.05, 0.1) is 26.1 Å². The summed E-state index contributed by atoms with van der Waals surface area (Å²) in [4.78, 5) is 16.8. The summed E-state index contributed by atoms with van der Waals surface area (Å²) in [7, 11) is 2.97. The summed E-state index contributed by atoms with van der Waals surface area (Å²) >= 11 is 0. The van der Waals surface area contributed by atoms with Crippen LogP contribution < -0.4 is 20.1 Å². The van der Waals surface area contributed by atoms with Crippen LogP contribution in [0.1, 0.15) is 10.4 Å². The predicted octanol–water partition coefficient (Wildman–Crippen LogP) is 4.23. The number of pyridine rings is 1. The number of amides is 1. The van der Waals surface area contributed by atoms with Crippen molar-refractivity contribution in [3.8, 4) is 11.5 Å². The fraction of sp³-hybridized carbons (Fsp3) is 0.100. The van der Waals surface area contributed by atoms with Crippen LogP contribution >= 0.6 is 0 Å². The molecule has 6 nitrogen and oxygen atoms in total. The van der Waals surface area contributed by atoms with Crippen LogP contribution in [0.25, 0.3) is 0 Å². The minimum Gasteiger partial charge on any atom is -0.496 e. The molecule has 0 aliphatic rings. The highest BCUT2D eigenvalue weighted by Gasteiger charge is 2.18. The lowest BCUT2D eigenvalue weighted by atomic mass is 10.1. The van der Waals surface area contributed by atoms with Gasteiger partial charge in [0.25, 0.3) is 5.91 Å². The van der Waals surface area contributed by atoms with E-state index in [0.29, 0.717) is 23.0 Å². The van der Waals surface area contributed by atoms with E-state index in [1.54, 1.807) is 48.7 Å². The summed E-state index contributed by atoms with van der Waals surface area (Å²) in [5.74, 6) is 0.486. The minimum absolute atomic E-state index is 0.290. The van der Waals surface area contributed by atoms with E-state index in [4.69, 9.17) is 9.47 Å². The molecule has 1 amide bonds. The fourth-order valence-electron chi connectivity index (χ4n) is 2.50. The van der Waals surface area contributed by atoms with Gasteiger partial charge in [-0.3, -0.25) is 4.79 Å². The Hall–Kier alpha value is -3.61. The molecule has 0 spiro atoms. The molecule has 0 unspecified atom stereocenters. The first kappa shape index (κ1) is 18.2. The first-order chi connectivity index (χ1) is 13.1. The number of anilines is 3. The number of hydrogen-bond donors (Lipinski definition) is 2. The number of halogens is 1. The Morgan fingerprint density at radius 2 is 1.56 bits per heavy atom. The van der Waals surface area contributed by atoms with Crippen molar-refractivity contribution >= 4 is 23.1 Å². The second kappa shape index (κ2) is 8.18. The zero-order valence-electron chi connectivity index (χ0n) is 14.8. The van der Waals surface area contributed by atoms with Gasteiger partial charge in [0.2, 0.25) is 0 Å². The van der Waals surface area contributed by atoms with Crippen LogP contribution in [-0.2, 0) is 0 Å². The molecule has 0 radical (unpaired) electrons. The summed E-state index contributed by atoms with van der Waals surface area (Å²) in [5, 5.41) is 5.82. The Bertz CT molecular complexity index is 906. The molecule has 7 heteroatoms. The smallest absolute Gasteiger partial charge is 0.264 e. The van der Waals surface area contributed by atoms with Crippen LogP contribution in [0.2, 0.25) is 0 Å². The van der Waals surface area contributed by atoms with Gasteiger partial charge in [-0.15, -0.1) is 0 Å². The molecule has 138 valence electrons. The number of nitrogens with one attached hydrogen (secondary N) is 2. The summed E-state index contributed by atoms with van der Waals surface area (Å²) in [5.41, 5.74) is 1.72. The third-order valence-electron chi connectivity index (χ3n) is 3.79.